The number of hydrazine groups is 1. The van der Waals surface area contributed by atoms with Gasteiger partial charge in [-0.25, -0.2) is 0 Å². The standard InChI is InChI=1S/C16H22ClN3O2S/c1-2-3-4-5-6-11-14(21)18-16(23)20-19-15(22)12-9-7-8-10-13(12)17/h7-10H,2-6,11H2,1H3,(H,19,22)(H2,18,20,21,23). The van der Waals surface area contributed by atoms with E-state index in [1.165, 1.54) is 12.8 Å². The van der Waals surface area contributed by atoms with Crippen molar-refractivity contribution in [3.63, 3.8) is 0 Å². The molecule has 1 rings (SSSR count). The fraction of sp³-hybridized carbons (Fsp3) is 0.438. The summed E-state index contributed by atoms with van der Waals surface area (Å²) in [6.07, 6.45) is 5.79. The second-order valence-electron chi connectivity index (χ2n) is 5.10. The summed E-state index contributed by atoms with van der Waals surface area (Å²) >= 11 is 10.9. The molecule has 0 atom stereocenters. The fourth-order valence-electron chi connectivity index (χ4n) is 1.94. The Balaban J connectivity index is 2.25. The summed E-state index contributed by atoms with van der Waals surface area (Å²) in [5, 5.41) is 2.93. The van der Waals surface area contributed by atoms with Crippen LogP contribution in [0.15, 0.2) is 24.3 Å². The number of hydrogen-bond acceptors (Lipinski definition) is 3. The van der Waals surface area contributed by atoms with Crippen LogP contribution in [-0.4, -0.2) is 16.9 Å². The Hall–Kier alpha value is -1.66. The number of hydrogen-bond donors (Lipinski definition) is 3. The summed E-state index contributed by atoms with van der Waals surface area (Å²) in [6.45, 7) is 2.15. The van der Waals surface area contributed by atoms with E-state index in [9.17, 15) is 9.59 Å². The maximum absolute atomic E-state index is 11.9. The van der Waals surface area contributed by atoms with E-state index in [2.05, 4.69) is 23.1 Å². The first-order valence-electron chi connectivity index (χ1n) is 7.69. The van der Waals surface area contributed by atoms with Gasteiger partial charge in [0, 0.05) is 6.42 Å². The Bertz CT molecular complexity index is 552. The number of carbonyl (C=O) groups is 2. The minimum atomic E-state index is -0.424. The van der Waals surface area contributed by atoms with Gasteiger partial charge in [-0.2, -0.15) is 0 Å². The van der Waals surface area contributed by atoms with Crippen molar-refractivity contribution in [3.8, 4) is 0 Å². The van der Waals surface area contributed by atoms with Crippen molar-refractivity contribution in [2.24, 2.45) is 0 Å². The third-order valence-corrected chi connectivity index (χ3v) is 3.70. The zero-order valence-corrected chi connectivity index (χ0v) is 14.7. The first-order chi connectivity index (χ1) is 11.0. The molecule has 0 aliphatic carbocycles. The summed E-state index contributed by atoms with van der Waals surface area (Å²) in [7, 11) is 0. The van der Waals surface area contributed by atoms with Gasteiger partial charge < -0.3 is 5.32 Å². The van der Waals surface area contributed by atoms with Gasteiger partial charge in [0.2, 0.25) is 5.91 Å². The molecular weight excluding hydrogens is 334 g/mol. The van der Waals surface area contributed by atoms with Crippen molar-refractivity contribution in [2.75, 3.05) is 0 Å². The quantitative estimate of drug-likeness (QED) is 0.398. The third-order valence-electron chi connectivity index (χ3n) is 3.17. The maximum atomic E-state index is 11.9. The molecule has 0 saturated carbocycles. The van der Waals surface area contributed by atoms with Gasteiger partial charge in [-0.15, -0.1) is 0 Å². The molecule has 0 saturated heterocycles. The Labute approximate surface area is 147 Å². The predicted octanol–water partition coefficient (Wildman–Crippen LogP) is 3.34. The molecule has 126 valence electrons. The summed E-state index contributed by atoms with van der Waals surface area (Å²) in [6, 6.07) is 6.66. The van der Waals surface area contributed by atoms with Gasteiger partial charge in [-0.05, 0) is 30.8 Å². The number of carbonyl (C=O) groups excluding carboxylic acids is 2. The van der Waals surface area contributed by atoms with Crippen LogP contribution >= 0.6 is 23.8 Å². The van der Waals surface area contributed by atoms with Crippen LogP contribution in [0.4, 0.5) is 0 Å². The summed E-state index contributed by atoms with van der Waals surface area (Å²) in [5.74, 6) is -0.585. The van der Waals surface area contributed by atoms with Crippen LogP contribution in [0.3, 0.4) is 0 Å². The number of thiocarbonyl (C=S) groups is 1. The summed E-state index contributed by atoms with van der Waals surface area (Å²) < 4.78 is 0. The van der Waals surface area contributed by atoms with Crippen molar-refractivity contribution < 1.29 is 9.59 Å². The Morgan fingerprint density at radius 1 is 1.09 bits per heavy atom. The minimum absolute atomic E-state index is 0.0592. The zero-order valence-electron chi connectivity index (χ0n) is 13.2. The molecule has 1 aromatic carbocycles. The molecule has 0 aliphatic heterocycles. The molecule has 0 fully saturated rings. The minimum Gasteiger partial charge on any atom is -0.302 e. The van der Waals surface area contributed by atoms with Gasteiger partial charge in [0.25, 0.3) is 5.91 Å². The van der Waals surface area contributed by atoms with Crippen LogP contribution in [-0.2, 0) is 4.79 Å². The molecule has 0 unspecified atom stereocenters. The number of rotatable bonds is 7. The largest absolute Gasteiger partial charge is 0.302 e. The highest BCUT2D eigenvalue weighted by molar-refractivity contribution is 7.80. The van der Waals surface area contributed by atoms with Gasteiger partial charge in [0.05, 0.1) is 10.6 Å². The molecule has 5 nitrogen and oxygen atoms in total. The van der Waals surface area contributed by atoms with E-state index in [-0.39, 0.29) is 11.0 Å². The van der Waals surface area contributed by atoms with Crippen LogP contribution in [0.2, 0.25) is 5.02 Å². The third kappa shape index (κ3) is 7.95. The summed E-state index contributed by atoms with van der Waals surface area (Å²) in [4.78, 5) is 23.6. The predicted molar refractivity (Wildman–Crippen MR) is 96.2 cm³/mol. The smallest absolute Gasteiger partial charge is 0.271 e. The topological polar surface area (TPSA) is 70.2 Å². The molecule has 0 heterocycles. The second-order valence-corrected chi connectivity index (χ2v) is 5.92. The first-order valence-corrected chi connectivity index (χ1v) is 8.48. The van der Waals surface area contributed by atoms with Crippen LogP contribution in [0.25, 0.3) is 0 Å². The maximum Gasteiger partial charge on any atom is 0.271 e. The lowest BCUT2D eigenvalue weighted by Crippen LogP contribution is -2.48. The van der Waals surface area contributed by atoms with Crippen molar-refractivity contribution >= 4 is 40.7 Å². The van der Waals surface area contributed by atoms with E-state index in [1.54, 1.807) is 24.3 Å². The van der Waals surface area contributed by atoms with Crippen molar-refractivity contribution in [1.82, 2.24) is 16.2 Å². The van der Waals surface area contributed by atoms with Crippen LogP contribution in [0.1, 0.15) is 55.8 Å². The molecule has 2 amide bonds. The molecule has 7 heteroatoms. The van der Waals surface area contributed by atoms with Gasteiger partial charge in [-0.3, -0.25) is 20.4 Å². The van der Waals surface area contributed by atoms with Gasteiger partial charge in [0.1, 0.15) is 0 Å². The molecule has 0 bridgehead atoms. The number of halogens is 1. The second kappa shape index (κ2) is 11.0. The molecule has 1 aromatic rings. The van der Waals surface area contributed by atoms with Crippen molar-refractivity contribution in [2.45, 2.75) is 45.4 Å². The zero-order chi connectivity index (χ0) is 17.1. The molecule has 0 aliphatic rings. The molecule has 0 aromatic heterocycles. The molecule has 23 heavy (non-hydrogen) atoms. The number of unbranched alkanes of at least 4 members (excludes halogenated alkanes) is 4. The van der Waals surface area contributed by atoms with E-state index >= 15 is 0 Å². The Morgan fingerprint density at radius 3 is 2.48 bits per heavy atom. The highest BCUT2D eigenvalue weighted by Crippen LogP contribution is 2.14. The SMILES string of the molecule is CCCCCCCC(=O)NC(=S)NNC(=O)c1ccccc1Cl. The highest BCUT2D eigenvalue weighted by Gasteiger charge is 2.10. The fourth-order valence-corrected chi connectivity index (χ4v) is 2.32. The van der Waals surface area contributed by atoms with Crippen molar-refractivity contribution in [1.29, 1.82) is 0 Å². The van der Waals surface area contributed by atoms with Gasteiger partial charge >= 0.3 is 0 Å². The van der Waals surface area contributed by atoms with E-state index in [0.29, 0.717) is 17.0 Å². The van der Waals surface area contributed by atoms with E-state index in [0.717, 1.165) is 19.3 Å². The van der Waals surface area contributed by atoms with Gasteiger partial charge in [-0.1, -0.05) is 56.3 Å². The lowest BCUT2D eigenvalue weighted by Gasteiger charge is -2.11. The lowest BCUT2D eigenvalue weighted by atomic mass is 10.1. The number of benzene rings is 1. The highest BCUT2D eigenvalue weighted by atomic mass is 35.5. The van der Waals surface area contributed by atoms with Crippen LogP contribution in [0.5, 0.6) is 0 Å². The van der Waals surface area contributed by atoms with E-state index < -0.39 is 5.91 Å². The van der Waals surface area contributed by atoms with Crippen LogP contribution in [0, 0.1) is 0 Å². The Morgan fingerprint density at radius 2 is 1.78 bits per heavy atom. The van der Waals surface area contributed by atoms with E-state index in [4.69, 9.17) is 23.8 Å². The average Bonchev–Trinajstić information content (AvgIpc) is 2.53. The van der Waals surface area contributed by atoms with Crippen molar-refractivity contribution in [3.05, 3.63) is 34.9 Å². The average molecular weight is 356 g/mol. The van der Waals surface area contributed by atoms with Gasteiger partial charge in [0.15, 0.2) is 5.11 Å². The first kappa shape index (κ1) is 19.4. The molecular formula is C16H22ClN3O2S. The van der Waals surface area contributed by atoms with E-state index in [1.807, 2.05) is 0 Å². The Kier molecular flexibility index (Phi) is 9.24. The lowest BCUT2D eigenvalue weighted by molar-refractivity contribution is -0.119. The molecule has 0 radical (unpaired) electrons. The van der Waals surface area contributed by atoms with Crippen LogP contribution < -0.4 is 16.2 Å². The monoisotopic (exact) mass is 355 g/mol. The molecule has 0 spiro atoms. The summed E-state index contributed by atoms with van der Waals surface area (Å²) in [5.41, 5.74) is 5.22. The number of nitrogens with one attached hydrogen (secondary N) is 3. The normalized spacial score (nSPS) is 10.0. The number of amides is 2. The molecule has 3 N–H and O–H groups in total.